The van der Waals surface area contributed by atoms with Crippen molar-refractivity contribution < 1.29 is 17.2 Å². The maximum atomic E-state index is 14.2. The van der Waals surface area contributed by atoms with Gasteiger partial charge in [0.2, 0.25) is 0 Å². The smallest absolute Gasteiger partial charge is 0.181 e. The Morgan fingerprint density at radius 3 is 2.04 bits per heavy atom. The zero-order valence-electron chi connectivity index (χ0n) is 13.6. The van der Waals surface area contributed by atoms with Crippen LogP contribution in [0.4, 0.5) is 8.78 Å². The summed E-state index contributed by atoms with van der Waals surface area (Å²) < 4.78 is 51.6. The van der Waals surface area contributed by atoms with Gasteiger partial charge >= 0.3 is 0 Å². The minimum Gasteiger partial charge on any atom is -0.264 e. The summed E-state index contributed by atoms with van der Waals surface area (Å²) in [5.74, 6) is -2.23. The summed E-state index contributed by atoms with van der Waals surface area (Å²) >= 11 is 0. The first-order valence-electron chi connectivity index (χ1n) is 7.48. The lowest BCUT2D eigenvalue weighted by Crippen LogP contribution is -2.05. The van der Waals surface area contributed by atoms with Crippen molar-refractivity contribution in [1.82, 2.24) is 4.98 Å². The van der Waals surface area contributed by atoms with Crippen LogP contribution in [0.2, 0.25) is 0 Å². The Hall–Kier alpha value is -2.60. The molecule has 0 aliphatic heterocycles. The van der Waals surface area contributed by atoms with Crippen LogP contribution < -0.4 is 0 Å². The molecule has 128 valence electrons. The SMILES string of the molecule is Cc1ccc(-c2ccncc2-c2cc(F)c(S(C)(=O)=O)c(F)c2)cc1. The molecule has 0 aliphatic carbocycles. The highest BCUT2D eigenvalue weighted by Crippen LogP contribution is 2.34. The van der Waals surface area contributed by atoms with Crippen LogP contribution in [0, 0.1) is 18.6 Å². The highest BCUT2D eigenvalue weighted by Gasteiger charge is 2.21. The Bertz CT molecular complexity index is 1020. The van der Waals surface area contributed by atoms with Gasteiger partial charge in [-0.2, -0.15) is 0 Å². The van der Waals surface area contributed by atoms with Gasteiger partial charge in [0.05, 0.1) is 0 Å². The summed E-state index contributed by atoms with van der Waals surface area (Å²) in [6.07, 6.45) is 3.87. The molecule has 3 aromatic rings. The number of hydrogen-bond donors (Lipinski definition) is 0. The second kappa shape index (κ2) is 6.37. The van der Waals surface area contributed by atoms with Gasteiger partial charge in [0.25, 0.3) is 0 Å². The third-order valence-electron chi connectivity index (χ3n) is 3.86. The molecule has 0 unspecified atom stereocenters. The Kier molecular flexibility index (Phi) is 4.39. The van der Waals surface area contributed by atoms with Gasteiger partial charge in [-0.1, -0.05) is 29.8 Å². The van der Waals surface area contributed by atoms with E-state index < -0.39 is 26.4 Å². The van der Waals surface area contributed by atoms with E-state index in [0.717, 1.165) is 35.1 Å². The first-order chi connectivity index (χ1) is 11.8. The van der Waals surface area contributed by atoms with E-state index in [1.807, 2.05) is 31.2 Å². The van der Waals surface area contributed by atoms with Gasteiger partial charge in [-0.3, -0.25) is 4.98 Å². The Labute approximate surface area is 144 Å². The third-order valence-corrected chi connectivity index (χ3v) is 5.00. The number of aryl methyl sites for hydroxylation is 1. The lowest BCUT2D eigenvalue weighted by Gasteiger charge is -2.12. The quantitative estimate of drug-likeness (QED) is 0.696. The summed E-state index contributed by atoms with van der Waals surface area (Å²) in [7, 11) is -4.00. The summed E-state index contributed by atoms with van der Waals surface area (Å²) in [4.78, 5) is 3.11. The fraction of sp³-hybridized carbons (Fsp3) is 0.105. The van der Waals surface area contributed by atoms with Gasteiger partial charge in [-0.25, -0.2) is 17.2 Å². The summed E-state index contributed by atoms with van der Waals surface area (Å²) in [5, 5.41) is 0. The Morgan fingerprint density at radius 1 is 0.880 bits per heavy atom. The van der Waals surface area contributed by atoms with E-state index in [1.165, 1.54) is 6.20 Å². The van der Waals surface area contributed by atoms with E-state index in [9.17, 15) is 17.2 Å². The fourth-order valence-electron chi connectivity index (χ4n) is 2.68. The molecule has 0 amide bonds. The Balaban J connectivity index is 2.20. The summed E-state index contributed by atoms with van der Waals surface area (Å²) in [5.41, 5.74) is 3.46. The van der Waals surface area contributed by atoms with Crippen molar-refractivity contribution in [2.45, 2.75) is 11.8 Å². The molecule has 1 heterocycles. The Morgan fingerprint density at radius 2 is 1.48 bits per heavy atom. The molecule has 0 atom stereocenters. The summed E-state index contributed by atoms with van der Waals surface area (Å²) in [6, 6.07) is 11.5. The molecule has 0 spiro atoms. The average molecular weight is 359 g/mol. The van der Waals surface area contributed by atoms with Gasteiger partial charge < -0.3 is 0 Å². The van der Waals surface area contributed by atoms with Crippen LogP contribution in [0.3, 0.4) is 0 Å². The van der Waals surface area contributed by atoms with Gasteiger partial charge in [0.1, 0.15) is 16.5 Å². The second-order valence-electron chi connectivity index (χ2n) is 5.83. The van der Waals surface area contributed by atoms with E-state index in [4.69, 9.17) is 0 Å². The number of sulfone groups is 1. The highest BCUT2D eigenvalue weighted by atomic mass is 32.2. The third kappa shape index (κ3) is 3.44. The predicted octanol–water partition coefficient (Wildman–Crippen LogP) is 4.41. The molecule has 3 rings (SSSR count). The van der Waals surface area contributed by atoms with E-state index in [1.54, 1.807) is 12.3 Å². The number of pyridine rings is 1. The molecule has 0 aliphatic rings. The van der Waals surface area contributed by atoms with Crippen LogP contribution in [-0.2, 0) is 9.84 Å². The van der Waals surface area contributed by atoms with E-state index in [0.29, 0.717) is 5.56 Å². The number of hydrogen-bond acceptors (Lipinski definition) is 3. The lowest BCUT2D eigenvalue weighted by molar-refractivity contribution is 0.522. The maximum Gasteiger partial charge on any atom is 0.181 e. The molecular formula is C19H15F2NO2S. The predicted molar refractivity (Wildman–Crippen MR) is 92.9 cm³/mol. The number of rotatable bonds is 3. The van der Waals surface area contributed by atoms with Crippen molar-refractivity contribution in [3.8, 4) is 22.3 Å². The van der Waals surface area contributed by atoms with E-state index >= 15 is 0 Å². The van der Waals surface area contributed by atoms with Gasteiger partial charge in [-0.05, 0) is 41.8 Å². The van der Waals surface area contributed by atoms with Crippen molar-refractivity contribution in [2.75, 3.05) is 6.26 Å². The number of aromatic nitrogens is 1. The molecule has 0 saturated carbocycles. The van der Waals surface area contributed by atoms with Gasteiger partial charge in [-0.15, -0.1) is 0 Å². The molecule has 6 heteroatoms. The second-order valence-corrected chi connectivity index (χ2v) is 7.78. The van der Waals surface area contributed by atoms with Gasteiger partial charge in [0.15, 0.2) is 9.84 Å². The van der Waals surface area contributed by atoms with Gasteiger partial charge in [0, 0.05) is 24.2 Å². The minimum absolute atomic E-state index is 0.228. The van der Waals surface area contributed by atoms with Crippen molar-refractivity contribution in [2.24, 2.45) is 0 Å². The van der Waals surface area contributed by atoms with Crippen molar-refractivity contribution in [3.63, 3.8) is 0 Å². The molecule has 3 nitrogen and oxygen atoms in total. The molecule has 0 saturated heterocycles. The summed E-state index contributed by atoms with van der Waals surface area (Å²) in [6.45, 7) is 1.96. The minimum atomic E-state index is -4.00. The van der Waals surface area contributed by atoms with Crippen LogP contribution in [-0.4, -0.2) is 19.7 Å². The number of benzene rings is 2. The monoisotopic (exact) mass is 359 g/mol. The molecule has 25 heavy (non-hydrogen) atoms. The van der Waals surface area contributed by atoms with E-state index in [2.05, 4.69) is 4.98 Å². The van der Waals surface area contributed by atoms with Crippen LogP contribution >= 0.6 is 0 Å². The first kappa shape index (κ1) is 17.2. The van der Waals surface area contributed by atoms with Crippen LogP contribution in [0.15, 0.2) is 59.8 Å². The van der Waals surface area contributed by atoms with Crippen molar-refractivity contribution in [1.29, 1.82) is 0 Å². The number of nitrogens with zero attached hydrogens (tertiary/aromatic N) is 1. The maximum absolute atomic E-state index is 14.2. The van der Waals surface area contributed by atoms with Crippen molar-refractivity contribution in [3.05, 3.63) is 72.1 Å². The lowest BCUT2D eigenvalue weighted by atomic mass is 9.96. The topological polar surface area (TPSA) is 47.0 Å². The number of halogens is 2. The fourth-order valence-corrected chi connectivity index (χ4v) is 3.51. The van der Waals surface area contributed by atoms with Crippen LogP contribution in [0.25, 0.3) is 22.3 Å². The largest absolute Gasteiger partial charge is 0.264 e. The van der Waals surface area contributed by atoms with E-state index in [-0.39, 0.29) is 5.56 Å². The molecule has 1 aromatic heterocycles. The molecule has 2 aromatic carbocycles. The zero-order chi connectivity index (χ0) is 18.2. The molecular weight excluding hydrogens is 344 g/mol. The van der Waals surface area contributed by atoms with Crippen LogP contribution in [0.5, 0.6) is 0 Å². The molecule has 0 N–H and O–H groups in total. The van der Waals surface area contributed by atoms with Crippen molar-refractivity contribution >= 4 is 9.84 Å². The average Bonchev–Trinajstić information content (AvgIpc) is 2.53. The molecule has 0 bridgehead atoms. The van der Waals surface area contributed by atoms with Crippen LogP contribution in [0.1, 0.15) is 5.56 Å². The standard InChI is InChI=1S/C19H15F2NO2S/c1-12-3-5-13(6-4-12)15-7-8-22-11-16(15)14-9-17(20)19(18(21)10-14)25(2,23)24/h3-11H,1-2H3. The molecule has 0 radical (unpaired) electrons. The highest BCUT2D eigenvalue weighted by molar-refractivity contribution is 7.90. The zero-order valence-corrected chi connectivity index (χ0v) is 14.4. The first-order valence-corrected chi connectivity index (χ1v) is 9.37. The molecule has 0 fully saturated rings. The normalized spacial score (nSPS) is 11.5.